The summed E-state index contributed by atoms with van der Waals surface area (Å²) in [5, 5.41) is 13.4. The summed E-state index contributed by atoms with van der Waals surface area (Å²) < 4.78 is 29.7. The fourth-order valence-electron chi connectivity index (χ4n) is 3.08. The minimum atomic E-state index is -2.81. The van der Waals surface area contributed by atoms with Gasteiger partial charge in [0.15, 0.2) is 0 Å². The number of alkyl halides is 2. The number of aryl methyl sites for hydroxylation is 2. The highest BCUT2D eigenvalue weighted by Gasteiger charge is 2.27. The Labute approximate surface area is 185 Å². The van der Waals surface area contributed by atoms with Crippen LogP contribution in [-0.2, 0) is 16.0 Å². The van der Waals surface area contributed by atoms with Crippen molar-refractivity contribution in [2.75, 3.05) is 19.7 Å². The Hall–Kier alpha value is -3.33. The third-order valence-electron chi connectivity index (χ3n) is 4.70. The van der Waals surface area contributed by atoms with Gasteiger partial charge in [0, 0.05) is 49.4 Å². The average Bonchev–Trinajstić information content (AvgIpc) is 3.20. The first-order valence-electron chi connectivity index (χ1n) is 10.3. The van der Waals surface area contributed by atoms with Gasteiger partial charge in [0.1, 0.15) is 5.65 Å². The normalized spacial score (nSPS) is 10.9. The molecule has 172 valence electrons. The second-order valence-electron chi connectivity index (χ2n) is 7.25. The summed E-state index contributed by atoms with van der Waals surface area (Å²) in [7, 11) is 0. The first kappa shape index (κ1) is 24.9. The maximum absolute atomic E-state index is 13.8. The number of amides is 2. The van der Waals surface area contributed by atoms with Gasteiger partial charge in [-0.1, -0.05) is 12.1 Å². The molecule has 0 bridgehead atoms. The lowest BCUT2D eigenvalue weighted by Crippen LogP contribution is -2.24. The number of carbonyl (C=O) groups excluding carboxylic acids is 2. The van der Waals surface area contributed by atoms with Crippen LogP contribution >= 0.6 is 0 Å². The van der Waals surface area contributed by atoms with Crippen molar-refractivity contribution in [1.29, 1.82) is 0 Å². The van der Waals surface area contributed by atoms with Crippen LogP contribution < -0.4 is 10.6 Å². The Balaban J connectivity index is 0.000000534. The fourth-order valence-corrected chi connectivity index (χ4v) is 3.08. The number of rotatable bonds is 11. The molecule has 3 N–H and O–H groups in total. The first-order chi connectivity index (χ1) is 15.4. The van der Waals surface area contributed by atoms with Crippen molar-refractivity contribution in [1.82, 2.24) is 20.2 Å². The Morgan fingerprint density at radius 2 is 1.84 bits per heavy atom. The summed E-state index contributed by atoms with van der Waals surface area (Å²) in [6.07, 6.45) is 4.21. The molecule has 0 spiro atoms. The van der Waals surface area contributed by atoms with Gasteiger partial charge in [-0.2, -0.15) is 0 Å². The topological polar surface area (TPSA) is 96.2 Å². The highest BCUT2D eigenvalue weighted by Crippen LogP contribution is 2.26. The number of aliphatic hydroxyl groups is 1. The standard InChI is InChI=1S/C20H21F2N3O.C3H7NO2/c1-15-3-2-4-18(11-15)25-10-6-17-12-16(13-24-19(17)25)5-7-20(21,22)8-9-23-14-26;5-2-1-4-3-6/h2-4,6,10-14H,5,7-9H2,1H3,(H,23,26);3,5H,1-2H2,(H,4,6). The number of aliphatic hydroxyl groups excluding tert-OH is 1. The Morgan fingerprint density at radius 3 is 2.50 bits per heavy atom. The second-order valence-corrected chi connectivity index (χ2v) is 7.25. The minimum Gasteiger partial charge on any atom is -0.395 e. The van der Waals surface area contributed by atoms with Crippen LogP contribution in [0.3, 0.4) is 0 Å². The number of halogens is 2. The van der Waals surface area contributed by atoms with E-state index in [1.807, 2.05) is 48.0 Å². The van der Waals surface area contributed by atoms with Gasteiger partial charge in [0.05, 0.1) is 6.61 Å². The summed E-state index contributed by atoms with van der Waals surface area (Å²) in [6.45, 7) is 2.38. The molecule has 0 fully saturated rings. The van der Waals surface area contributed by atoms with Gasteiger partial charge >= 0.3 is 0 Å². The number of pyridine rings is 1. The molecular weight excluding hydrogens is 418 g/mol. The molecule has 7 nitrogen and oxygen atoms in total. The van der Waals surface area contributed by atoms with E-state index >= 15 is 0 Å². The van der Waals surface area contributed by atoms with Gasteiger partial charge < -0.3 is 20.3 Å². The van der Waals surface area contributed by atoms with Crippen molar-refractivity contribution < 1.29 is 23.5 Å². The van der Waals surface area contributed by atoms with Crippen LogP contribution in [0.4, 0.5) is 8.78 Å². The van der Waals surface area contributed by atoms with E-state index in [0.717, 1.165) is 27.8 Å². The summed E-state index contributed by atoms with van der Waals surface area (Å²) in [5.41, 5.74) is 3.77. The van der Waals surface area contributed by atoms with Crippen LogP contribution in [0.2, 0.25) is 0 Å². The molecule has 0 saturated heterocycles. The number of carbonyl (C=O) groups is 2. The van der Waals surface area contributed by atoms with E-state index in [9.17, 15) is 18.4 Å². The molecule has 0 aliphatic carbocycles. The first-order valence-corrected chi connectivity index (χ1v) is 10.3. The van der Waals surface area contributed by atoms with Crippen LogP contribution in [0.25, 0.3) is 16.7 Å². The largest absolute Gasteiger partial charge is 0.395 e. The smallest absolute Gasteiger partial charge is 0.250 e. The van der Waals surface area contributed by atoms with Crippen molar-refractivity contribution in [3.63, 3.8) is 0 Å². The van der Waals surface area contributed by atoms with Gasteiger partial charge in [-0.05, 0) is 48.7 Å². The molecule has 0 unspecified atom stereocenters. The van der Waals surface area contributed by atoms with Crippen molar-refractivity contribution >= 4 is 23.9 Å². The zero-order valence-electron chi connectivity index (χ0n) is 17.9. The lowest BCUT2D eigenvalue weighted by atomic mass is 10.0. The van der Waals surface area contributed by atoms with Crippen LogP contribution in [0.5, 0.6) is 0 Å². The summed E-state index contributed by atoms with van der Waals surface area (Å²) in [6, 6.07) is 12.0. The number of benzene rings is 1. The summed E-state index contributed by atoms with van der Waals surface area (Å²) in [5.74, 6) is -2.81. The van der Waals surface area contributed by atoms with E-state index in [-0.39, 0.29) is 32.4 Å². The number of aromatic nitrogens is 2. The number of nitrogens with zero attached hydrogens (tertiary/aromatic N) is 2. The highest BCUT2D eigenvalue weighted by atomic mass is 19.3. The van der Waals surface area contributed by atoms with Gasteiger partial charge in [0.25, 0.3) is 0 Å². The van der Waals surface area contributed by atoms with Gasteiger partial charge in [-0.3, -0.25) is 9.59 Å². The van der Waals surface area contributed by atoms with Crippen molar-refractivity contribution in [3.8, 4) is 5.69 Å². The maximum Gasteiger partial charge on any atom is 0.250 e. The predicted molar refractivity (Wildman–Crippen MR) is 119 cm³/mol. The lowest BCUT2D eigenvalue weighted by molar-refractivity contribution is -0.110. The minimum absolute atomic E-state index is 0.0126. The van der Waals surface area contributed by atoms with Crippen LogP contribution in [0, 0.1) is 6.92 Å². The van der Waals surface area contributed by atoms with E-state index in [2.05, 4.69) is 21.7 Å². The molecule has 3 rings (SSSR count). The molecule has 0 saturated carbocycles. The number of nitrogens with one attached hydrogen (secondary N) is 2. The highest BCUT2D eigenvalue weighted by molar-refractivity contribution is 5.78. The monoisotopic (exact) mass is 446 g/mol. The molecule has 0 aliphatic rings. The van der Waals surface area contributed by atoms with Gasteiger partial charge in [-0.15, -0.1) is 0 Å². The molecule has 2 aromatic heterocycles. The third-order valence-corrected chi connectivity index (χ3v) is 4.70. The molecule has 0 atom stereocenters. The van der Waals surface area contributed by atoms with E-state index < -0.39 is 5.92 Å². The van der Waals surface area contributed by atoms with Gasteiger partial charge in [-0.25, -0.2) is 13.8 Å². The van der Waals surface area contributed by atoms with Crippen molar-refractivity contribution in [2.24, 2.45) is 0 Å². The predicted octanol–water partition coefficient (Wildman–Crippen LogP) is 2.76. The fraction of sp³-hybridized carbons (Fsp3) is 0.348. The molecule has 2 heterocycles. The molecule has 9 heteroatoms. The third kappa shape index (κ3) is 7.73. The van der Waals surface area contributed by atoms with Crippen molar-refractivity contribution in [2.45, 2.75) is 32.1 Å². The Morgan fingerprint density at radius 1 is 1.09 bits per heavy atom. The molecule has 0 radical (unpaired) electrons. The SMILES string of the molecule is Cc1cccc(-n2ccc3cc(CCC(F)(F)CCNC=O)cnc32)c1.O=CNCCO. The van der Waals surface area contributed by atoms with E-state index in [4.69, 9.17) is 5.11 Å². The molecule has 2 amide bonds. The summed E-state index contributed by atoms with van der Waals surface area (Å²) >= 11 is 0. The zero-order valence-corrected chi connectivity index (χ0v) is 17.9. The van der Waals surface area contributed by atoms with Crippen LogP contribution in [0.15, 0.2) is 48.8 Å². The zero-order chi connectivity index (χ0) is 23.4. The summed E-state index contributed by atoms with van der Waals surface area (Å²) in [4.78, 5) is 24.0. The Kier molecular flexibility index (Phi) is 9.75. The van der Waals surface area contributed by atoms with Crippen LogP contribution in [-0.4, -0.2) is 53.1 Å². The van der Waals surface area contributed by atoms with E-state index in [1.165, 1.54) is 0 Å². The quantitative estimate of drug-likeness (QED) is 0.312. The molecule has 0 aliphatic heterocycles. The number of hydrogen-bond acceptors (Lipinski definition) is 4. The number of hydrogen-bond donors (Lipinski definition) is 3. The maximum atomic E-state index is 13.8. The van der Waals surface area contributed by atoms with E-state index in [1.54, 1.807) is 6.20 Å². The van der Waals surface area contributed by atoms with Crippen molar-refractivity contribution in [3.05, 3.63) is 59.9 Å². The molecule has 32 heavy (non-hydrogen) atoms. The number of fused-ring (bicyclic) bond motifs is 1. The molecular formula is C23H28F2N4O3. The van der Waals surface area contributed by atoms with Gasteiger partial charge in [0.2, 0.25) is 18.7 Å². The molecule has 3 aromatic rings. The second kappa shape index (κ2) is 12.5. The Bertz CT molecular complexity index is 1010. The lowest BCUT2D eigenvalue weighted by Gasteiger charge is -2.15. The van der Waals surface area contributed by atoms with E-state index in [0.29, 0.717) is 19.4 Å². The average molecular weight is 446 g/mol. The molecule has 1 aromatic carbocycles. The van der Waals surface area contributed by atoms with Crippen LogP contribution in [0.1, 0.15) is 24.0 Å².